The monoisotopic (exact) mass is 267 g/mol. The van der Waals surface area contributed by atoms with E-state index in [0.29, 0.717) is 12.1 Å². The Hall–Kier alpha value is -1.82. The van der Waals surface area contributed by atoms with Crippen LogP contribution in [0.5, 0.6) is 0 Å². The average molecular weight is 267 g/mol. The minimum absolute atomic E-state index is 0.150. The minimum atomic E-state index is -0.777. The second kappa shape index (κ2) is 5.05. The van der Waals surface area contributed by atoms with Crippen LogP contribution in [0.25, 0.3) is 0 Å². The van der Waals surface area contributed by atoms with Crippen LogP contribution in [0.3, 0.4) is 0 Å². The summed E-state index contributed by atoms with van der Waals surface area (Å²) in [5.74, 6) is -1.22. The van der Waals surface area contributed by atoms with Gasteiger partial charge in [0.05, 0.1) is 19.0 Å². The summed E-state index contributed by atoms with van der Waals surface area (Å²) in [5.41, 5.74) is -0.433. The predicted molar refractivity (Wildman–Crippen MR) is 68.5 cm³/mol. The second-order valence-corrected chi connectivity index (χ2v) is 4.58. The molecule has 0 radical (unpaired) electrons. The highest BCUT2D eigenvalue weighted by Gasteiger charge is 2.56. The zero-order valence-corrected chi connectivity index (χ0v) is 10.7. The van der Waals surface area contributed by atoms with E-state index in [4.69, 9.17) is 10.1 Å². The quantitative estimate of drug-likeness (QED) is 0.505. The number of benzene rings is 1. The van der Waals surface area contributed by atoms with Crippen LogP contribution < -0.4 is 0 Å². The SMILES string of the molecule is CC1OC1(CN(C)C=NC=N)c1ccc(F)cc1F. The molecule has 0 amide bonds. The lowest BCUT2D eigenvalue weighted by molar-refractivity contribution is 0.254. The van der Waals surface area contributed by atoms with E-state index in [1.165, 1.54) is 18.5 Å². The molecule has 1 N–H and O–H groups in total. The molecule has 4 nitrogen and oxygen atoms in total. The van der Waals surface area contributed by atoms with E-state index < -0.39 is 17.2 Å². The van der Waals surface area contributed by atoms with Crippen LogP contribution in [-0.4, -0.2) is 37.3 Å². The summed E-state index contributed by atoms with van der Waals surface area (Å²) in [6.07, 6.45) is 2.23. The second-order valence-electron chi connectivity index (χ2n) is 4.58. The van der Waals surface area contributed by atoms with Crippen LogP contribution >= 0.6 is 0 Å². The average Bonchev–Trinajstić information content (AvgIpc) is 2.97. The number of likely N-dealkylation sites (N-methyl/N-ethyl adjacent to an activating group) is 1. The Morgan fingerprint density at radius 1 is 1.53 bits per heavy atom. The van der Waals surface area contributed by atoms with Crippen molar-refractivity contribution in [1.82, 2.24) is 4.90 Å². The van der Waals surface area contributed by atoms with E-state index in [9.17, 15) is 8.78 Å². The van der Waals surface area contributed by atoms with Gasteiger partial charge < -0.3 is 9.64 Å². The lowest BCUT2D eigenvalue weighted by Gasteiger charge is -2.20. The molecule has 2 unspecified atom stereocenters. The molecule has 2 rings (SSSR count). The van der Waals surface area contributed by atoms with Crippen molar-refractivity contribution in [3.05, 3.63) is 35.4 Å². The summed E-state index contributed by atoms with van der Waals surface area (Å²) in [5, 5.41) is 6.82. The molecular formula is C13H15F2N3O. The van der Waals surface area contributed by atoms with Gasteiger partial charge in [-0.3, -0.25) is 5.41 Å². The van der Waals surface area contributed by atoms with Crippen molar-refractivity contribution in [2.75, 3.05) is 13.6 Å². The van der Waals surface area contributed by atoms with Gasteiger partial charge in [0, 0.05) is 18.7 Å². The predicted octanol–water partition coefficient (Wildman–Crippen LogP) is 2.15. The lowest BCUT2D eigenvalue weighted by Crippen LogP contribution is -2.31. The van der Waals surface area contributed by atoms with Gasteiger partial charge in [-0.2, -0.15) is 0 Å². The van der Waals surface area contributed by atoms with E-state index >= 15 is 0 Å². The van der Waals surface area contributed by atoms with Gasteiger partial charge in [0.2, 0.25) is 0 Å². The third-order valence-corrected chi connectivity index (χ3v) is 3.20. The molecule has 1 aromatic rings. The molecule has 0 bridgehead atoms. The smallest absolute Gasteiger partial charge is 0.140 e. The number of aliphatic imine (C=N–C) groups is 1. The molecule has 1 saturated heterocycles. The Morgan fingerprint density at radius 2 is 2.21 bits per heavy atom. The Labute approximate surface area is 110 Å². The van der Waals surface area contributed by atoms with E-state index in [1.807, 2.05) is 6.92 Å². The van der Waals surface area contributed by atoms with Crippen molar-refractivity contribution < 1.29 is 13.5 Å². The molecule has 102 valence electrons. The largest absolute Gasteiger partial charge is 0.362 e. The number of hydrogen-bond donors (Lipinski definition) is 1. The Morgan fingerprint density at radius 3 is 2.74 bits per heavy atom. The van der Waals surface area contributed by atoms with Crippen LogP contribution in [0.4, 0.5) is 8.78 Å². The number of halogens is 2. The topological polar surface area (TPSA) is 52.0 Å². The first-order valence-corrected chi connectivity index (χ1v) is 5.85. The summed E-state index contributed by atoms with van der Waals surface area (Å²) in [7, 11) is 1.75. The minimum Gasteiger partial charge on any atom is -0.362 e. The zero-order chi connectivity index (χ0) is 14.0. The number of rotatable bonds is 5. The van der Waals surface area contributed by atoms with E-state index in [0.717, 1.165) is 12.4 Å². The van der Waals surface area contributed by atoms with Crippen LogP contribution in [0.15, 0.2) is 23.2 Å². The molecule has 1 aromatic carbocycles. The number of epoxide rings is 1. The van der Waals surface area contributed by atoms with Gasteiger partial charge in [0.1, 0.15) is 23.6 Å². The standard InChI is InChI=1S/C13H15F2N3O/c1-9-13(19-9,6-18(2)8-17-7-16)11-4-3-10(14)5-12(11)15/h3-5,7-9,16H,6H2,1-2H3. The molecule has 6 heteroatoms. The van der Waals surface area contributed by atoms with Gasteiger partial charge in [-0.25, -0.2) is 13.8 Å². The summed E-state index contributed by atoms with van der Waals surface area (Å²) in [4.78, 5) is 5.38. The maximum absolute atomic E-state index is 13.9. The molecule has 1 aliphatic rings. The Kier molecular flexibility index (Phi) is 3.61. The third kappa shape index (κ3) is 2.63. The molecule has 1 aliphatic heterocycles. The summed E-state index contributed by atoms with van der Waals surface area (Å²) in [6.45, 7) is 2.22. The fourth-order valence-electron chi connectivity index (χ4n) is 2.21. The first kappa shape index (κ1) is 13.6. The molecule has 0 aliphatic carbocycles. The molecule has 2 atom stereocenters. The van der Waals surface area contributed by atoms with Gasteiger partial charge in [-0.1, -0.05) is 6.07 Å². The maximum Gasteiger partial charge on any atom is 0.140 e. The Balaban J connectivity index is 2.24. The molecule has 0 saturated carbocycles. The normalized spacial score (nSPS) is 25.6. The molecule has 0 spiro atoms. The summed E-state index contributed by atoms with van der Waals surface area (Å²) in [6, 6.07) is 3.49. The van der Waals surface area contributed by atoms with Gasteiger partial charge in [-0.05, 0) is 13.0 Å². The first-order valence-electron chi connectivity index (χ1n) is 5.85. The van der Waals surface area contributed by atoms with E-state index in [2.05, 4.69) is 4.99 Å². The van der Waals surface area contributed by atoms with Crippen LogP contribution in [0.2, 0.25) is 0 Å². The number of nitrogens with zero attached hydrogens (tertiary/aromatic N) is 2. The molecule has 0 aromatic heterocycles. The van der Waals surface area contributed by atoms with Crippen LogP contribution in [-0.2, 0) is 10.3 Å². The zero-order valence-electron chi connectivity index (χ0n) is 10.7. The van der Waals surface area contributed by atoms with Crippen molar-refractivity contribution in [3.8, 4) is 0 Å². The Bertz CT molecular complexity index is 521. The number of ether oxygens (including phenoxy) is 1. The molecule has 19 heavy (non-hydrogen) atoms. The highest BCUT2D eigenvalue weighted by atomic mass is 19.1. The molecular weight excluding hydrogens is 252 g/mol. The summed E-state index contributed by atoms with van der Waals surface area (Å²) >= 11 is 0. The van der Waals surface area contributed by atoms with Crippen molar-refractivity contribution in [3.63, 3.8) is 0 Å². The van der Waals surface area contributed by atoms with Crippen LogP contribution in [0, 0.1) is 17.0 Å². The van der Waals surface area contributed by atoms with Crippen molar-refractivity contribution in [1.29, 1.82) is 5.41 Å². The number of hydrogen-bond acceptors (Lipinski definition) is 2. The highest BCUT2D eigenvalue weighted by molar-refractivity contribution is 5.69. The van der Waals surface area contributed by atoms with Gasteiger partial charge in [0.15, 0.2) is 0 Å². The molecule has 1 fully saturated rings. The van der Waals surface area contributed by atoms with Gasteiger partial charge >= 0.3 is 0 Å². The van der Waals surface area contributed by atoms with E-state index in [1.54, 1.807) is 11.9 Å². The summed E-state index contributed by atoms with van der Waals surface area (Å²) < 4.78 is 32.3. The highest BCUT2D eigenvalue weighted by Crippen LogP contribution is 2.47. The fraction of sp³-hybridized carbons (Fsp3) is 0.385. The van der Waals surface area contributed by atoms with Crippen molar-refractivity contribution >= 4 is 12.7 Å². The number of nitrogens with one attached hydrogen (secondary N) is 1. The van der Waals surface area contributed by atoms with Gasteiger partial charge in [-0.15, -0.1) is 0 Å². The fourth-order valence-corrected chi connectivity index (χ4v) is 2.21. The maximum atomic E-state index is 13.9. The molecule has 1 heterocycles. The van der Waals surface area contributed by atoms with Crippen molar-refractivity contribution in [2.45, 2.75) is 18.6 Å². The lowest BCUT2D eigenvalue weighted by atomic mass is 9.94. The first-order chi connectivity index (χ1) is 8.99. The van der Waals surface area contributed by atoms with Crippen molar-refractivity contribution in [2.24, 2.45) is 4.99 Å². The van der Waals surface area contributed by atoms with Crippen LogP contribution in [0.1, 0.15) is 12.5 Å². The van der Waals surface area contributed by atoms with E-state index in [-0.39, 0.29) is 6.10 Å². The van der Waals surface area contributed by atoms with Gasteiger partial charge in [0.25, 0.3) is 0 Å². The third-order valence-electron chi connectivity index (χ3n) is 3.20.